The van der Waals surface area contributed by atoms with Gasteiger partial charge in [0.1, 0.15) is 0 Å². The van der Waals surface area contributed by atoms with Crippen molar-refractivity contribution in [2.45, 2.75) is 32.6 Å². The van der Waals surface area contributed by atoms with E-state index >= 15 is 0 Å². The van der Waals surface area contributed by atoms with Gasteiger partial charge in [-0.3, -0.25) is 0 Å². The summed E-state index contributed by atoms with van der Waals surface area (Å²) in [6.45, 7) is 5.92. The summed E-state index contributed by atoms with van der Waals surface area (Å²) in [6, 6.07) is 0. The molecule has 0 N–H and O–H groups in total. The maximum Gasteiger partial charge on any atom is 0.0273 e. The van der Waals surface area contributed by atoms with Crippen LogP contribution in [0.3, 0.4) is 0 Å². The standard InChI is InChI=1S/C9H17N/c1-9(2)7-5-4-6-8-10-3/h8H,1,4-7H2,2-3H3. The van der Waals surface area contributed by atoms with Crippen molar-refractivity contribution in [1.82, 2.24) is 0 Å². The van der Waals surface area contributed by atoms with Crippen LogP contribution in [0.2, 0.25) is 0 Å². The van der Waals surface area contributed by atoms with Gasteiger partial charge in [0.05, 0.1) is 0 Å². The Bertz CT molecular complexity index is 114. The van der Waals surface area contributed by atoms with Gasteiger partial charge in [-0.1, -0.05) is 5.57 Å². The molecule has 0 saturated heterocycles. The number of hydrogen-bond donors (Lipinski definition) is 0. The van der Waals surface area contributed by atoms with E-state index in [1.807, 2.05) is 13.3 Å². The van der Waals surface area contributed by atoms with Gasteiger partial charge in [0, 0.05) is 7.05 Å². The Labute approximate surface area is 63.9 Å². The normalized spacial score (nSPS) is 10.6. The van der Waals surface area contributed by atoms with E-state index in [-0.39, 0.29) is 0 Å². The van der Waals surface area contributed by atoms with Crippen molar-refractivity contribution in [1.29, 1.82) is 0 Å². The van der Waals surface area contributed by atoms with Crippen LogP contribution < -0.4 is 0 Å². The van der Waals surface area contributed by atoms with Gasteiger partial charge in [-0.2, -0.15) is 0 Å². The first-order valence-corrected chi connectivity index (χ1v) is 3.82. The summed E-state index contributed by atoms with van der Waals surface area (Å²) in [5.41, 5.74) is 1.29. The first kappa shape index (κ1) is 9.41. The minimum atomic E-state index is 1.11. The Kier molecular flexibility index (Phi) is 6.14. The van der Waals surface area contributed by atoms with Gasteiger partial charge in [-0.05, 0) is 38.8 Å². The van der Waals surface area contributed by atoms with Crippen LogP contribution in [0, 0.1) is 0 Å². The predicted molar refractivity (Wildman–Crippen MR) is 47.7 cm³/mol. The minimum Gasteiger partial charge on any atom is -0.301 e. The third-order valence-electron chi connectivity index (χ3n) is 1.37. The Morgan fingerprint density at radius 2 is 2.20 bits per heavy atom. The number of allylic oxidation sites excluding steroid dienone is 1. The molecule has 0 aromatic rings. The highest BCUT2D eigenvalue weighted by Gasteiger charge is 1.86. The molecule has 0 aliphatic rings. The summed E-state index contributed by atoms with van der Waals surface area (Å²) < 4.78 is 0. The largest absolute Gasteiger partial charge is 0.301 e. The van der Waals surface area contributed by atoms with E-state index in [4.69, 9.17) is 0 Å². The average molecular weight is 139 g/mol. The highest BCUT2D eigenvalue weighted by atomic mass is 14.6. The highest BCUT2D eigenvalue weighted by Crippen LogP contribution is 2.04. The van der Waals surface area contributed by atoms with Gasteiger partial charge in [-0.25, -0.2) is 0 Å². The SMILES string of the molecule is C=C(C)CCCCC=NC. The molecule has 0 atom stereocenters. The number of nitrogens with zero attached hydrogens (tertiary/aromatic N) is 1. The lowest BCUT2D eigenvalue weighted by Crippen LogP contribution is -1.79. The lowest BCUT2D eigenvalue weighted by molar-refractivity contribution is 0.761. The van der Waals surface area contributed by atoms with Gasteiger partial charge in [0.15, 0.2) is 0 Å². The zero-order valence-electron chi connectivity index (χ0n) is 7.06. The number of hydrogen-bond acceptors (Lipinski definition) is 1. The van der Waals surface area contributed by atoms with Gasteiger partial charge < -0.3 is 4.99 Å². The van der Waals surface area contributed by atoms with Crippen LogP contribution >= 0.6 is 0 Å². The monoisotopic (exact) mass is 139 g/mol. The topological polar surface area (TPSA) is 12.4 Å². The van der Waals surface area contributed by atoms with E-state index in [9.17, 15) is 0 Å². The molecule has 0 amide bonds. The van der Waals surface area contributed by atoms with Crippen molar-refractivity contribution in [3.05, 3.63) is 12.2 Å². The van der Waals surface area contributed by atoms with E-state index in [1.54, 1.807) is 0 Å². The molecule has 0 heterocycles. The summed E-state index contributed by atoms with van der Waals surface area (Å²) in [7, 11) is 1.82. The molecule has 1 nitrogen and oxygen atoms in total. The zero-order chi connectivity index (χ0) is 7.82. The van der Waals surface area contributed by atoms with Gasteiger partial charge in [0.25, 0.3) is 0 Å². The number of unbranched alkanes of at least 4 members (excludes halogenated alkanes) is 2. The van der Waals surface area contributed by atoms with Gasteiger partial charge in [-0.15, -0.1) is 6.58 Å². The van der Waals surface area contributed by atoms with Gasteiger partial charge in [0.2, 0.25) is 0 Å². The molecule has 0 unspecified atom stereocenters. The van der Waals surface area contributed by atoms with Crippen LogP contribution in [0.15, 0.2) is 17.1 Å². The molecule has 0 aliphatic heterocycles. The van der Waals surface area contributed by atoms with Crippen molar-refractivity contribution in [2.75, 3.05) is 7.05 Å². The second-order valence-corrected chi connectivity index (χ2v) is 2.64. The Balaban J connectivity index is 2.98. The second kappa shape index (κ2) is 6.53. The summed E-state index contributed by atoms with van der Waals surface area (Å²) in [6.07, 6.45) is 6.74. The quantitative estimate of drug-likeness (QED) is 0.315. The van der Waals surface area contributed by atoms with E-state index in [1.165, 1.54) is 18.4 Å². The maximum absolute atomic E-state index is 3.90. The summed E-state index contributed by atoms with van der Waals surface area (Å²) in [5.74, 6) is 0. The van der Waals surface area contributed by atoms with Crippen molar-refractivity contribution in [2.24, 2.45) is 4.99 Å². The van der Waals surface area contributed by atoms with Crippen LogP contribution in [0.25, 0.3) is 0 Å². The van der Waals surface area contributed by atoms with Gasteiger partial charge >= 0.3 is 0 Å². The molecule has 0 radical (unpaired) electrons. The molecule has 0 rings (SSSR count). The van der Waals surface area contributed by atoms with E-state index in [2.05, 4.69) is 18.5 Å². The van der Waals surface area contributed by atoms with E-state index in [0.29, 0.717) is 0 Å². The molecule has 0 fully saturated rings. The molecule has 0 aromatic heterocycles. The van der Waals surface area contributed by atoms with Crippen LogP contribution in [0.4, 0.5) is 0 Å². The van der Waals surface area contributed by atoms with Crippen LogP contribution in [-0.4, -0.2) is 13.3 Å². The smallest absolute Gasteiger partial charge is 0.0273 e. The van der Waals surface area contributed by atoms with E-state index < -0.39 is 0 Å². The molecule has 0 aromatic carbocycles. The van der Waals surface area contributed by atoms with Crippen molar-refractivity contribution in [3.8, 4) is 0 Å². The highest BCUT2D eigenvalue weighted by molar-refractivity contribution is 5.56. The third kappa shape index (κ3) is 7.41. The Hall–Kier alpha value is -0.590. The summed E-state index contributed by atoms with van der Waals surface area (Å²) >= 11 is 0. The fraction of sp³-hybridized carbons (Fsp3) is 0.667. The zero-order valence-corrected chi connectivity index (χ0v) is 7.06. The second-order valence-electron chi connectivity index (χ2n) is 2.64. The van der Waals surface area contributed by atoms with Crippen LogP contribution in [0.1, 0.15) is 32.6 Å². The predicted octanol–water partition coefficient (Wildman–Crippen LogP) is 2.82. The molecule has 1 heteroatoms. The van der Waals surface area contributed by atoms with Crippen LogP contribution in [0.5, 0.6) is 0 Å². The molecule has 0 bridgehead atoms. The molecular formula is C9H17N. The lowest BCUT2D eigenvalue weighted by Gasteiger charge is -1.95. The first-order chi connectivity index (χ1) is 4.77. The molecule has 0 aliphatic carbocycles. The molecule has 10 heavy (non-hydrogen) atoms. The van der Waals surface area contributed by atoms with E-state index in [0.717, 1.165) is 12.8 Å². The third-order valence-corrected chi connectivity index (χ3v) is 1.37. The lowest BCUT2D eigenvalue weighted by atomic mass is 10.1. The minimum absolute atomic E-state index is 1.11. The number of aliphatic imine (C=N–C) groups is 1. The van der Waals surface area contributed by atoms with Crippen molar-refractivity contribution >= 4 is 6.21 Å². The first-order valence-electron chi connectivity index (χ1n) is 3.82. The number of rotatable bonds is 5. The fourth-order valence-electron chi connectivity index (χ4n) is 0.792. The summed E-state index contributed by atoms with van der Waals surface area (Å²) in [5, 5.41) is 0. The molecule has 0 saturated carbocycles. The van der Waals surface area contributed by atoms with Crippen molar-refractivity contribution in [3.63, 3.8) is 0 Å². The summed E-state index contributed by atoms with van der Waals surface area (Å²) in [4.78, 5) is 3.90. The maximum atomic E-state index is 3.90. The molecular weight excluding hydrogens is 122 g/mol. The Morgan fingerprint density at radius 3 is 2.70 bits per heavy atom. The van der Waals surface area contributed by atoms with Crippen molar-refractivity contribution < 1.29 is 0 Å². The molecule has 58 valence electrons. The average Bonchev–Trinajstić information content (AvgIpc) is 1.87. The fourth-order valence-corrected chi connectivity index (χ4v) is 0.792. The Morgan fingerprint density at radius 1 is 1.50 bits per heavy atom. The van der Waals surface area contributed by atoms with Crippen LogP contribution in [-0.2, 0) is 0 Å². The molecule has 0 spiro atoms.